The minimum Gasteiger partial charge on any atom is -0.298 e. The molecular weight excluding hydrogens is 337 g/mol. The summed E-state index contributed by atoms with van der Waals surface area (Å²) in [5.74, 6) is -0.630. The number of rotatable bonds is 3. The minimum atomic E-state index is -4.49. The van der Waals surface area contributed by atoms with Crippen LogP contribution in [0.4, 0.5) is 18.3 Å². The average molecular weight is 348 g/mol. The third-order valence-electron chi connectivity index (χ3n) is 3.25. The van der Waals surface area contributed by atoms with Crippen molar-refractivity contribution in [3.05, 3.63) is 71.1 Å². The van der Waals surface area contributed by atoms with Crippen LogP contribution in [0.3, 0.4) is 0 Å². The Kier molecular flexibility index (Phi) is 4.35. The molecule has 1 heterocycles. The van der Waals surface area contributed by atoms with Gasteiger partial charge in [0.2, 0.25) is 0 Å². The molecule has 0 unspecified atom stereocenters. The number of anilines is 1. The quantitative estimate of drug-likeness (QED) is 0.717. The maximum atomic E-state index is 12.7. The van der Waals surface area contributed by atoms with Gasteiger partial charge in [0.05, 0.1) is 11.3 Å². The van der Waals surface area contributed by atoms with Gasteiger partial charge in [-0.2, -0.15) is 13.2 Å². The number of hydrogen-bond acceptors (Lipinski definition) is 3. The molecule has 7 heteroatoms. The summed E-state index contributed by atoms with van der Waals surface area (Å²) in [5.41, 5.74) is 0.661. The fraction of sp³-hybridized carbons (Fsp3) is 0.0588. The summed E-state index contributed by atoms with van der Waals surface area (Å²) < 4.78 is 38.1. The van der Waals surface area contributed by atoms with Crippen LogP contribution in [0.15, 0.2) is 60.0 Å². The van der Waals surface area contributed by atoms with E-state index in [0.717, 1.165) is 17.7 Å². The number of amides is 1. The number of alkyl halides is 3. The van der Waals surface area contributed by atoms with Crippen LogP contribution >= 0.6 is 11.3 Å². The Morgan fingerprint density at radius 3 is 2.50 bits per heavy atom. The van der Waals surface area contributed by atoms with Crippen LogP contribution in [0, 0.1) is 0 Å². The lowest BCUT2D eigenvalue weighted by Crippen LogP contribution is -2.13. The molecular formula is C17H11F3N2OS. The van der Waals surface area contributed by atoms with Gasteiger partial charge in [-0.15, -0.1) is 11.3 Å². The lowest BCUT2D eigenvalue weighted by atomic mass is 10.1. The summed E-state index contributed by atoms with van der Waals surface area (Å²) in [6, 6.07) is 13.7. The maximum Gasteiger partial charge on any atom is 0.416 e. The summed E-state index contributed by atoms with van der Waals surface area (Å²) in [7, 11) is 0. The molecule has 0 aliphatic heterocycles. The van der Waals surface area contributed by atoms with E-state index in [2.05, 4.69) is 10.3 Å². The second-order valence-corrected chi connectivity index (χ2v) is 5.79. The van der Waals surface area contributed by atoms with E-state index in [4.69, 9.17) is 0 Å². The molecule has 2 aromatic carbocycles. The van der Waals surface area contributed by atoms with Gasteiger partial charge in [-0.25, -0.2) is 4.98 Å². The van der Waals surface area contributed by atoms with Crippen molar-refractivity contribution in [2.24, 2.45) is 0 Å². The number of nitrogens with one attached hydrogen (secondary N) is 1. The first-order valence-electron chi connectivity index (χ1n) is 6.93. The lowest BCUT2D eigenvalue weighted by Gasteiger charge is -2.08. The van der Waals surface area contributed by atoms with Crippen molar-refractivity contribution < 1.29 is 18.0 Å². The monoisotopic (exact) mass is 348 g/mol. The largest absolute Gasteiger partial charge is 0.416 e. The highest BCUT2D eigenvalue weighted by Crippen LogP contribution is 2.30. The van der Waals surface area contributed by atoms with E-state index in [9.17, 15) is 18.0 Å². The van der Waals surface area contributed by atoms with Crippen molar-refractivity contribution in [2.75, 3.05) is 5.32 Å². The number of halogens is 3. The summed E-state index contributed by atoms with van der Waals surface area (Å²) in [4.78, 5) is 16.4. The Labute approximate surface area is 139 Å². The highest BCUT2D eigenvalue weighted by molar-refractivity contribution is 7.14. The van der Waals surface area contributed by atoms with E-state index in [1.807, 2.05) is 30.3 Å². The van der Waals surface area contributed by atoms with Gasteiger partial charge < -0.3 is 0 Å². The molecule has 1 amide bonds. The van der Waals surface area contributed by atoms with Gasteiger partial charge in [-0.05, 0) is 18.2 Å². The Morgan fingerprint density at radius 1 is 1.04 bits per heavy atom. The lowest BCUT2D eigenvalue weighted by molar-refractivity contribution is -0.137. The van der Waals surface area contributed by atoms with E-state index in [1.165, 1.54) is 23.5 Å². The number of hydrogen-bond donors (Lipinski definition) is 1. The molecule has 1 aromatic heterocycles. The van der Waals surface area contributed by atoms with Crippen LogP contribution in [0.5, 0.6) is 0 Å². The number of aromatic nitrogens is 1. The second kappa shape index (κ2) is 6.45. The minimum absolute atomic E-state index is 0.0683. The first kappa shape index (κ1) is 16.2. The number of benzene rings is 2. The molecule has 0 atom stereocenters. The van der Waals surface area contributed by atoms with E-state index in [-0.39, 0.29) is 5.56 Å². The molecule has 0 saturated heterocycles. The SMILES string of the molecule is O=C(Nc1nc(-c2ccccc2)cs1)c1cccc(C(F)(F)F)c1. The number of thiazole rings is 1. The fourth-order valence-electron chi connectivity index (χ4n) is 2.08. The molecule has 122 valence electrons. The van der Waals surface area contributed by atoms with Crippen molar-refractivity contribution in [1.29, 1.82) is 0 Å². The van der Waals surface area contributed by atoms with Crippen molar-refractivity contribution >= 4 is 22.4 Å². The van der Waals surface area contributed by atoms with Crippen molar-refractivity contribution in [3.63, 3.8) is 0 Å². The molecule has 0 bridgehead atoms. The predicted molar refractivity (Wildman–Crippen MR) is 86.9 cm³/mol. The zero-order valence-electron chi connectivity index (χ0n) is 12.2. The van der Waals surface area contributed by atoms with Crippen LogP contribution in [-0.4, -0.2) is 10.9 Å². The van der Waals surface area contributed by atoms with Crippen molar-refractivity contribution in [3.8, 4) is 11.3 Å². The number of nitrogens with zero attached hydrogens (tertiary/aromatic N) is 1. The molecule has 0 fully saturated rings. The standard InChI is InChI=1S/C17H11F3N2OS/c18-17(19,20)13-8-4-7-12(9-13)15(23)22-16-21-14(10-24-16)11-5-2-1-3-6-11/h1-10H,(H,21,22,23). The zero-order valence-corrected chi connectivity index (χ0v) is 13.0. The number of carbonyl (C=O) groups excluding carboxylic acids is 1. The number of carbonyl (C=O) groups is 1. The molecule has 0 aliphatic carbocycles. The first-order valence-corrected chi connectivity index (χ1v) is 7.81. The summed E-state index contributed by atoms with van der Waals surface area (Å²) in [6.07, 6.45) is -4.49. The van der Waals surface area contributed by atoms with E-state index < -0.39 is 17.6 Å². The Balaban J connectivity index is 1.77. The van der Waals surface area contributed by atoms with Gasteiger partial charge in [0.1, 0.15) is 0 Å². The highest BCUT2D eigenvalue weighted by Gasteiger charge is 2.30. The molecule has 24 heavy (non-hydrogen) atoms. The Hall–Kier alpha value is -2.67. The molecule has 3 nitrogen and oxygen atoms in total. The predicted octanol–water partition coefficient (Wildman–Crippen LogP) is 5.08. The maximum absolute atomic E-state index is 12.7. The molecule has 1 N–H and O–H groups in total. The van der Waals surface area contributed by atoms with Crippen LogP contribution in [0.2, 0.25) is 0 Å². The highest BCUT2D eigenvalue weighted by atomic mass is 32.1. The molecule has 0 aliphatic rings. The summed E-state index contributed by atoms with van der Waals surface area (Å²) >= 11 is 1.21. The molecule has 0 radical (unpaired) electrons. The molecule has 0 spiro atoms. The van der Waals surface area contributed by atoms with Gasteiger partial charge in [0, 0.05) is 16.5 Å². The molecule has 3 aromatic rings. The van der Waals surface area contributed by atoms with E-state index >= 15 is 0 Å². The smallest absolute Gasteiger partial charge is 0.298 e. The van der Waals surface area contributed by atoms with Gasteiger partial charge >= 0.3 is 6.18 Å². The van der Waals surface area contributed by atoms with Crippen LogP contribution in [0.25, 0.3) is 11.3 Å². The molecule has 0 saturated carbocycles. The summed E-state index contributed by atoms with van der Waals surface area (Å²) in [6.45, 7) is 0. The van der Waals surface area contributed by atoms with Crippen LogP contribution < -0.4 is 5.32 Å². The van der Waals surface area contributed by atoms with Crippen LogP contribution in [-0.2, 0) is 6.18 Å². The fourth-order valence-corrected chi connectivity index (χ4v) is 2.79. The van der Waals surface area contributed by atoms with Gasteiger partial charge in [0.25, 0.3) is 5.91 Å². The second-order valence-electron chi connectivity index (χ2n) is 4.94. The average Bonchev–Trinajstić information content (AvgIpc) is 3.03. The van der Waals surface area contributed by atoms with Gasteiger partial charge in [-0.3, -0.25) is 10.1 Å². The normalized spacial score (nSPS) is 11.3. The van der Waals surface area contributed by atoms with Gasteiger partial charge in [0.15, 0.2) is 5.13 Å². The molecule has 3 rings (SSSR count). The van der Waals surface area contributed by atoms with E-state index in [0.29, 0.717) is 10.8 Å². The topological polar surface area (TPSA) is 42.0 Å². The van der Waals surface area contributed by atoms with Crippen molar-refractivity contribution in [2.45, 2.75) is 6.18 Å². The Morgan fingerprint density at radius 2 is 1.79 bits per heavy atom. The van der Waals surface area contributed by atoms with Crippen LogP contribution in [0.1, 0.15) is 15.9 Å². The summed E-state index contributed by atoms with van der Waals surface area (Å²) in [5, 5.41) is 4.63. The zero-order chi connectivity index (χ0) is 17.2. The Bertz CT molecular complexity index is 860. The third kappa shape index (κ3) is 3.62. The first-order chi connectivity index (χ1) is 11.4. The third-order valence-corrected chi connectivity index (χ3v) is 4.00. The van der Waals surface area contributed by atoms with Gasteiger partial charge in [-0.1, -0.05) is 36.4 Å². The van der Waals surface area contributed by atoms with Crippen molar-refractivity contribution in [1.82, 2.24) is 4.98 Å². The van der Waals surface area contributed by atoms with E-state index in [1.54, 1.807) is 5.38 Å².